The summed E-state index contributed by atoms with van der Waals surface area (Å²) in [4.78, 5) is 6.05. The average molecular weight is 512 g/mol. The second-order valence-electron chi connectivity index (χ2n) is 9.79. The number of aromatic nitrogens is 1. The smallest absolute Gasteiger partial charge is 0.123 e. The van der Waals surface area contributed by atoms with E-state index < -0.39 is 0 Å². The SMILES string of the molecule is CN/C=C(\N)c1ccc(F)cc1.COCCN1CCC(C2NCCc3c2[nH]c2c3C=CCC(F)=C2)CC1. The van der Waals surface area contributed by atoms with Crippen LogP contribution in [0.5, 0.6) is 0 Å². The van der Waals surface area contributed by atoms with Crippen molar-refractivity contribution < 1.29 is 13.5 Å². The number of halogens is 2. The Morgan fingerprint density at radius 2 is 1.97 bits per heavy atom. The van der Waals surface area contributed by atoms with Crippen molar-refractivity contribution in [2.45, 2.75) is 31.7 Å². The van der Waals surface area contributed by atoms with Gasteiger partial charge in [-0.25, -0.2) is 8.78 Å². The van der Waals surface area contributed by atoms with Crippen LogP contribution in [-0.2, 0) is 11.2 Å². The number of nitrogens with one attached hydrogen (secondary N) is 3. The molecule has 0 spiro atoms. The predicted molar refractivity (Wildman–Crippen MR) is 147 cm³/mol. The van der Waals surface area contributed by atoms with Gasteiger partial charge in [-0.2, -0.15) is 0 Å². The number of allylic oxidation sites excluding steroid dienone is 2. The number of H-pyrrole nitrogens is 1. The Morgan fingerprint density at radius 3 is 2.68 bits per heavy atom. The predicted octanol–water partition coefficient (Wildman–Crippen LogP) is 4.59. The van der Waals surface area contributed by atoms with Crippen LogP contribution in [0.3, 0.4) is 0 Å². The molecular formula is C29H39F2N5O. The minimum atomic E-state index is -0.254. The summed E-state index contributed by atoms with van der Waals surface area (Å²) in [6, 6.07) is 6.40. The van der Waals surface area contributed by atoms with Crippen LogP contribution in [0.4, 0.5) is 8.78 Å². The molecule has 0 saturated carbocycles. The highest BCUT2D eigenvalue weighted by Gasteiger charge is 2.33. The molecule has 1 fully saturated rings. The molecule has 1 unspecified atom stereocenters. The minimum absolute atomic E-state index is 0.0652. The molecule has 0 radical (unpaired) electrons. The normalized spacial score (nSPS) is 20.3. The topological polar surface area (TPSA) is 78.3 Å². The molecule has 3 aliphatic rings. The first-order valence-corrected chi connectivity index (χ1v) is 13.1. The maximum Gasteiger partial charge on any atom is 0.123 e. The Labute approximate surface area is 218 Å². The first kappa shape index (κ1) is 27.1. The van der Waals surface area contributed by atoms with E-state index in [0.717, 1.165) is 50.5 Å². The zero-order valence-electron chi connectivity index (χ0n) is 21.8. The van der Waals surface area contributed by atoms with Gasteiger partial charge >= 0.3 is 0 Å². The fraction of sp³-hybridized carbons (Fsp3) is 0.448. The molecule has 2 aromatic rings. The van der Waals surface area contributed by atoms with Gasteiger partial charge in [0.15, 0.2) is 0 Å². The van der Waals surface area contributed by atoms with E-state index in [-0.39, 0.29) is 11.6 Å². The standard InChI is InChI=1S/C20H28FN3O.C9H11FN2/c1-25-12-11-24-9-6-14(7-10-24)19-20-17(5-8-22-19)16-4-2-3-15(21)13-18(16)23-20;1-12-6-9(11)7-2-4-8(10)5-3-7/h2,4,13-14,19,22-23H,3,5-12H2,1H3;2-6,12H,11H2,1H3/b;9-6-. The van der Waals surface area contributed by atoms with Gasteiger partial charge < -0.3 is 31.0 Å². The monoisotopic (exact) mass is 511 g/mol. The van der Waals surface area contributed by atoms with E-state index >= 15 is 0 Å². The van der Waals surface area contributed by atoms with Crippen molar-refractivity contribution in [3.63, 3.8) is 0 Å². The average Bonchev–Trinajstić information content (AvgIpc) is 3.14. The number of fused-ring (bicyclic) bond motifs is 3. The van der Waals surface area contributed by atoms with Crippen molar-refractivity contribution >= 4 is 17.8 Å². The van der Waals surface area contributed by atoms with E-state index in [9.17, 15) is 8.78 Å². The van der Waals surface area contributed by atoms with Gasteiger partial charge in [-0.05, 0) is 86.3 Å². The molecule has 6 nitrogen and oxygen atoms in total. The van der Waals surface area contributed by atoms with Crippen molar-refractivity contribution in [1.29, 1.82) is 0 Å². The Balaban J connectivity index is 0.000000225. The molecule has 2 aliphatic heterocycles. The number of hydrogen-bond donors (Lipinski definition) is 4. The van der Waals surface area contributed by atoms with Crippen LogP contribution in [-0.4, -0.2) is 56.8 Å². The Hall–Kier alpha value is -2.94. The molecule has 8 heteroatoms. The van der Waals surface area contributed by atoms with Crippen LogP contribution in [0.1, 0.15) is 53.4 Å². The summed E-state index contributed by atoms with van der Waals surface area (Å²) in [5.41, 5.74) is 11.9. The number of methoxy groups -OCH3 is 1. The van der Waals surface area contributed by atoms with Crippen molar-refractivity contribution in [1.82, 2.24) is 20.5 Å². The molecule has 1 atom stereocenters. The lowest BCUT2D eigenvalue weighted by atomic mass is 9.83. The van der Waals surface area contributed by atoms with Crippen molar-refractivity contribution in [3.8, 4) is 0 Å². The van der Waals surface area contributed by atoms with E-state index in [1.165, 1.54) is 41.8 Å². The fourth-order valence-electron chi connectivity index (χ4n) is 5.41. The molecule has 5 N–H and O–H groups in total. The number of ether oxygens (including phenoxy) is 1. The van der Waals surface area contributed by atoms with Gasteiger partial charge in [0.25, 0.3) is 0 Å². The number of piperidine rings is 1. The molecule has 1 aliphatic carbocycles. The quantitative estimate of drug-likeness (QED) is 0.456. The third-order valence-corrected chi connectivity index (χ3v) is 7.35. The molecule has 1 saturated heterocycles. The van der Waals surface area contributed by atoms with Crippen LogP contribution in [0, 0.1) is 11.7 Å². The number of likely N-dealkylation sites (tertiary alicyclic amines) is 1. The summed E-state index contributed by atoms with van der Waals surface area (Å²) >= 11 is 0. The van der Waals surface area contributed by atoms with Gasteiger partial charge in [0.2, 0.25) is 0 Å². The van der Waals surface area contributed by atoms with Crippen LogP contribution < -0.4 is 16.4 Å². The maximum absolute atomic E-state index is 13.8. The van der Waals surface area contributed by atoms with Gasteiger partial charge in [-0.15, -0.1) is 0 Å². The highest BCUT2D eigenvalue weighted by atomic mass is 19.1. The summed E-state index contributed by atoms with van der Waals surface area (Å²) in [7, 11) is 3.53. The summed E-state index contributed by atoms with van der Waals surface area (Å²) in [6.07, 6.45) is 11.2. The van der Waals surface area contributed by atoms with Crippen molar-refractivity contribution in [3.05, 3.63) is 76.3 Å². The lowest BCUT2D eigenvalue weighted by Gasteiger charge is -2.38. The first-order valence-electron chi connectivity index (χ1n) is 13.1. The Morgan fingerprint density at radius 1 is 1.22 bits per heavy atom. The Bertz CT molecular complexity index is 1110. The van der Waals surface area contributed by atoms with Crippen LogP contribution in [0.25, 0.3) is 17.8 Å². The molecule has 0 bridgehead atoms. The molecule has 1 aromatic carbocycles. The fourth-order valence-corrected chi connectivity index (χ4v) is 5.41. The van der Waals surface area contributed by atoms with Gasteiger partial charge in [-0.3, -0.25) is 0 Å². The second-order valence-corrected chi connectivity index (χ2v) is 9.79. The minimum Gasteiger partial charge on any atom is -0.397 e. The molecule has 1 aromatic heterocycles. The van der Waals surface area contributed by atoms with Crippen LogP contribution >= 0.6 is 0 Å². The first-order chi connectivity index (χ1) is 18.0. The van der Waals surface area contributed by atoms with Crippen LogP contribution in [0.15, 0.2) is 42.4 Å². The second kappa shape index (κ2) is 13.0. The third kappa shape index (κ3) is 6.89. The van der Waals surface area contributed by atoms with Gasteiger partial charge in [0.1, 0.15) is 11.6 Å². The summed E-state index contributed by atoms with van der Waals surface area (Å²) in [5.74, 6) is 0.318. The molecular weight excluding hydrogens is 472 g/mol. The summed E-state index contributed by atoms with van der Waals surface area (Å²) in [6.45, 7) is 5.11. The van der Waals surface area contributed by atoms with Crippen molar-refractivity contribution in [2.75, 3.05) is 46.9 Å². The number of benzene rings is 1. The highest BCUT2D eigenvalue weighted by Crippen LogP contribution is 2.38. The number of aromatic amines is 1. The number of rotatable bonds is 6. The number of nitrogens with two attached hydrogens (primary N) is 1. The van der Waals surface area contributed by atoms with Gasteiger partial charge in [0, 0.05) is 50.3 Å². The van der Waals surface area contributed by atoms with E-state index in [1.54, 1.807) is 38.6 Å². The summed E-state index contributed by atoms with van der Waals surface area (Å²) in [5, 5.41) is 6.53. The van der Waals surface area contributed by atoms with Gasteiger partial charge in [-0.1, -0.05) is 12.2 Å². The van der Waals surface area contributed by atoms with E-state index in [1.807, 2.05) is 6.08 Å². The lowest BCUT2D eigenvalue weighted by Crippen LogP contribution is -2.42. The third-order valence-electron chi connectivity index (χ3n) is 7.35. The Kier molecular flexibility index (Phi) is 9.55. The van der Waals surface area contributed by atoms with E-state index in [4.69, 9.17) is 10.5 Å². The molecule has 3 heterocycles. The molecule has 0 amide bonds. The zero-order valence-corrected chi connectivity index (χ0v) is 21.8. The zero-order chi connectivity index (χ0) is 26.2. The van der Waals surface area contributed by atoms with Gasteiger partial charge in [0.05, 0.1) is 18.3 Å². The van der Waals surface area contributed by atoms with Crippen LogP contribution in [0.2, 0.25) is 0 Å². The van der Waals surface area contributed by atoms with Crippen molar-refractivity contribution in [2.24, 2.45) is 11.7 Å². The molecule has 5 rings (SSSR count). The van der Waals surface area contributed by atoms with E-state index in [2.05, 4.69) is 26.6 Å². The number of nitrogens with zero attached hydrogens (tertiary/aromatic N) is 1. The number of hydrogen-bond acceptors (Lipinski definition) is 5. The highest BCUT2D eigenvalue weighted by molar-refractivity contribution is 5.71. The lowest BCUT2D eigenvalue weighted by molar-refractivity contribution is 0.109. The molecule has 200 valence electrons. The largest absolute Gasteiger partial charge is 0.397 e. The maximum atomic E-state index is 13.8. The van der Waals surface area contributed by atoms with E-state index in [0.29, 0.717) is 24.1 Å². The molecule has 37 heavy (non-hydrogen) atoms. The summed E-state index contributed by atoms with van der Waals surface area (Å²) < 4.78 is 31.5.